The van der Waals surface area contributed by atoms with Crippen molar-refractivity contribution in [3.05, 3.63) is 87.4 Å². The first-order valence-corrected chi connectivity index (χ1v) is 13.4. The van der Waals surface area contributed by atoms with Crippen LogP contribution in [0.4, 0.5) is 23.7 Å². The van der Waals surface area contributed by atoms with Gasteiger partial charge >= 0.3 is 6.03 Å². The minimum absolute atomic E-state index is 0.160. The molecule has 1 N–H and O–H groups in total. The summed E-state index contributed by atoms with van der Waals surface area (Å²) < 4.78 is 41.0. The molecule has 0 radical (unpaired) electrons. The Balaban J connectivity index is 1.52. The number of hydrogen-bond acceptors (Lipinski definition) is 4. The molecule has 0 saturated carbocycles. The average molecular weight is 545 g/mol. The summed E-state index contributed by atoms with van der Waals surface area (Å²) in [4.78, 5) is 33.1. The maximum absolute atomic E-state index is 14.2. The van der Waals surface area contributed by atoms with Gasteiger partial charge in [-0.1, -0.05) is 12.1 Å². The van der Waals surface area contributed by atoms with E-state index < -0.39 is 17.7 Å². The molecule has 202 valence electrons. The molecule has 0 bridgehead atoms. The summed E-state index contributed by atoms with van der Waals surface area (Å²) in [5.74, 6) is -2.30. The number of urea groups is 1. The third-order valence-electron chi connectivity index (χ3n) is 6.61. The summed E-state index contributed by atoms with van der Waals surface area (Å²) in [5, 5.41) is 4.44. The highest BCUT2D eigenvalue weighted by atomic mass is 32.1. The van der Waals surface area contributed by atoms with E-state index in [2.05, 4.69) is 10.2 Å². The number of carbonyl (C=O) groups is 2. The zero-order chi connectivity index (χ0) is 27.1. The van der Waals surface area contributed by atoms with Gasteiger partial charge in [-0.15, -0.1) is 11.3 Å². The number of anilines is 1. The van der Waals surface area contributed by atoms with Crippen LogP contribution in [0, 0.1) is 24.4 Å². The summed E-state index contributed by atoms with van der Waals surface area (Å²) in [5.41, 5.74) is 1.66. The van der Waals surface area contributed by atoms with Gasteiger partial charge in [0.25, 0.3) is 0 Å². The maximum Gasteiger partial charge on any atom is 0.322 e. The molecule has 1 saturated heterocycles. The first-order valence-electron chi connectivity index (χ1n) is 12.6. The highest BCUT2D eigenvalue weighted by Gasteiger charge is 2.24. The number of likely N-dealkylation sites (tertiary alicyclic amines) is 1. The van der Waals surface area contributed by atoms with Gasteiger partial charge in [0, 0.05) is 30.6 Å². The van der Waals surface area contributed by atoms with Crippen LogP contribution >= 0.6 is 11.3 Å². The maximum atomic E-state index is 14.2. The number of aryl methyl sites for hydroxylation is 1. The Morgan fingerprint density at radius 3 is 2.32 bits per heavy atom. The minimum Gasteiger partial charge on any atom is -0.332 e. The van der Waals surface area contributed by atoms with Crippen LogP contribution in [0.2, 0.25) is 0 Å². The van der Waals surface area contributed by atoms with E-state index in [4.69, 9.17) is 0 Å². The Hall–Kier alpha value is -3.37. The van der Waals surface area contributed by atoms with Crippen molar-refractivity contribution in [3.8, 4) is 0 Å². The molecular formula is C28H31F3N4O2S. The SMILES string of the molecule is Cc1ccsc1CN(Cc1ccc(F)cc1)C(=O)CN(CCN1CCCC1)C(=O)Nc1ccc(F)cc1F. The topological polar surface area (TPSA) is 55.9 Å². The van der Waals surface area contributed by atoms with Crippen LogP contribution in [0.25, 0.3) is 0 Å². The van der Waals surface area contributed by atoms with Crippen LogP contribution in [-0.2, 0) is 17.9 Å². The third-order valence-corrected chi connectivity index (χ3v) is 7.62. The molecule has 4 rings (SSSR count). The van der Waals surface area contributed by atoms with Crippen molar-refractivity contribution in [2.24, 2.45) is 0 Å². The van der Waals surface area contributed by atoms with Gasteiger partial charge in [0.2, 0.25) is 5.91 Å². The van der Waals surface area contributed by atoms with Crippen molar-refractivity contribution in [2.45, 2.75) is 32.9 Å². The average Bonchev–Trinajstić information content (AvgIpc) is 3.56. The molecule has 0 atom stereocenters. The molecule has 3 aromatic rings. The van der Waals surface area contributed by atoms with Crippen molar-refractivity contribution >= 4 is 29.0 Å². The van der Waals surface area contributed by atoms with Crippen LogP contribution in [0.5, 0.6) is 0 Å². The number of carbonyl (C=O) groups excluding carboxylic acids is 2. The summed E-state index contributed by atoms with van der Waals surface area (Å²) in [6, 6.07) is 10.2. The number of hydrogen-bond donors (Lipinski definition) is 1. The molecule has 0 unspecified atom stereocenters. The lowest BCUT2D eigenvalue weighted by Gasteiger charge is -2.29. The van der Waals surface area contributed by atoms with Gasteiger partial charge in [0.1, 0.15) is 24.0 Å². The van der Waals surface area contributed by atoms with Gasteiger partial charge in [-0.3, -0.25) is 4.79 Å². The lowest BCUT2D eigenvalue weighted by molar-refractivity contribution is -0.133. The molecule has 1 aliphatic rings. The first kappa shape index (κ1) is 27.7. The Morgan fingerprint density at radius 1 is 0.947 bits per heavy atom. The molecule has 1 fully saturated rings. The van der Waals surface area contributed by atoms with Crippen molar-refractivity contribution in [1.29, 1.82) is 0 Å². The van der Waals surface area contributed by atoms with Gasteiger partial charge in [-0.25, -0.2) is 18.0 Å². The summed E-state index contributed by atoms with van der Waals surface area (Å²) in [6.45, 7) is 5.01. The quantitative estimate of drug-likeness (QED) is 0.360. The smallest absolute Gasteiger partial charge is 0.322 e. The second-order valence-corrected chi connectivity index (χ2v) is 10.4. The molecule has 2 heterocycles. The normalized spacial score (nSPS) is 13.5. The number of benzene rings is 2. The number of nitrogens with one attached hydrogen (secondary N) is 1. The van der Waals surface area contributed by atoms with Gasteiger partial charge in [-0.05, 0) is 79.7 Å². The standard InChI is InChI=1S/C28H31F3N4O2S/c1-20-10-15-38-26(20)18-35(17-21-4-6-22(29)7-5-21)27(36)19-34(14-13-33-11-2-3-12-33)28(37)32-25-9-8-23(30)16-24(25)31/h4-10,15-16H,2-3,11-14,17-19H2,1H3,(H,32,37). The molecule has 6 nitrogen and oxygen atoms in total. The second kappa shape index (κ2) is 12.9. The molecule has 0 aliphatic carbocycles. The van der Waals surface area contributed by atoms with Crippen LogP contribution < -0.4 is 5.32 Å². The number of thiophene rings is 1. The van der Waals surface area contributed by atoms with Crippen LogP contribution in [-0.4, -0.2) is 59.4 Å². The predicted octanol–water partition coefficient (Wildman–Crippen LogP) is 5.63. The van der Waals surface area contributed by atoms with Crippen molar-refractivity contribution < 1.29 is 22.8 Å². The molecule has 2 aromatic carbocycles. The first-order chi connectivity index (χ1) is 18.3. The lowest BCUT2D eigenvalue weighted by atomic mass is 10.2. The summed E-state index contributed by atoms with van der Waals surface area (Å²) in [7, 11) is 0. The highest BCUT2D eigenvalue weighted by molar-refractivity contribution is 7.10. The van der Waals surface area contributed by atoms with Crippen molar-refractivity contribution in [2.75, 3.05) is 38.0 Å². The minimum atomic E-state index is -0.893. The number of rotatable bonds is 10. The van der Waals surface area contributed by atoms with E-state index in [0.29, 0.717) is 19.2 Å². The van der Waals surface area contributed by atoms with Gasteiger partial charge in [0.05, 0.1) is 12.2 Å². The van der Waals surface area contributed by atoms with E-state index in [1.54, 1.807) is 17.0 Å². The molecule has 0 spiro atoms. The summed E-state index contributed by atoms with van der Waals surface area (Å²) in [6.07, 6.45) is 2.16. The van der Waals surface area contributed by atoms with Crippen molar-refractivity contribution in [3.63, 3.8) is 0 Å². The number of halogens is 3. The van der Waals surface area contributed by atoms with Gasteiger partial charge < -0.3 is 20.0 Å². The summed E-state index contributed by atoms with van der Waals surface area (Å²) >= 11 is 1.54. The Kier molecular flexibility index (Phi) is 9.41. The number of nitrogens with zero attached hydrogens (tertiary/aromatic N) is 3. The van der Waals surface area contributed by atoms with Gasteiger partial charge in [-0.2, -0.15) is 0 Å². The lowest BCUT2D eigenvalue weighted by Crippen LogP contribution is -2.46. The Labute approximate surface area is 224 Å². The monoisotopic (exact) mass is 544 g/mol. The van der Waals surface area contributed by atoms with Crippen LogP contribution in [0.15, 0.2) is 53.9 Å². The third kappa shape index (κ3) is 7.58. The van der Waals surface area contributed by atoms with Crippen LogP contribution in [0.3, 0.4) is 0 Å². The van der Waals surface area contributed by atoms with E-state index in [9.17, 15) is 22.8 Å². The largest absolute Gasteiger partial charge is 0.332 e. The van der Waals surface area contributed by atoms with E-state index >= 15 is 0 Å². The van der Waals surface area contributed by atoms with E-state index in [0.717, 1.165) is 54.1 Å². The van der Waals surface area contributed by atoms with E-state index in [1.807, 2.05) is 18.4 Å². The van der Waals surface area contributed by atoms with E-state index in [-0.39, 0.29) is 37.0 Å². The fraction of sp³-hybridized carbons (Fsp3) is 0.357. The molecular weight excluding hydrogens is 513 g/mol. The zero-order valence-electron chi connectivity index (χ0n) is 21.3. The molecule has 3 amide bonds. The molecule has 1 aromatic heterocycles. The van der Waals surface area contributed by atoms with Gasteiger partial charge in [0.15, 0.2) is 0 Å². The molecule has 1 aliphatic heterocycles. The Bertz CT molecular complexity index is 1250. The fourth-order valence-corrected chi connectivity index (χ4v) is 5.27. The highest BCUT2D eigenvalue weighted by Crippen LogP contribution is 2.21. The van der Waals surface area contributed by atoms with Crippen molar-refractivity contribution in [1.82, 2.24) is 14.7 Å². The number of amides is 3. The van der Waals surface area contributed by atoms with Crippen LogP contribution in [0.1, 0.15) is 28.8 Å². The predicted molar refractivity (Wildman–Crippen MR) is 142 cm³/mol. The second-order valence-electron chi connectivity index (χ2n) is 9.43. The fourth-order valence-electron chi connectivity index (χ4n) is 4.35. The molecule has 38 heavy (non-hydrogen) atoms. The zero-order valence-corrected chi connectivity index (χ0v) is 22.1. The molecule has 10 heteroatoms. The Morgan fingerprint density at radius 2 is 1.66 bits per heavy atom. The van der Waals surface area contributed by atoms with E-state index in [1.165, 1.54) is 28.4 Å².